The predicted octanol–water partition coefficient (Wildman–Crippen LogP) is 1.53. The molecule has 0 radical (unpaired) electrons. The van der Waals surface area contributed by atoms with Gasteiger partial charge in [-0.25, -0.2) is 0 Å². The van der Waals surface area contributed by atoms with Crippen molar-refractivity contribution in [3.05, 3.63) is 0 Å². The van der Waals surface area contributed by atoms with Gasteiger partial charge in [0.15, 0.2) is 0 Å². The number of hydrogen-bond acceptors (Lipinski definition) is 2. The molecule has 0 aromatic carbocycles. The van der Waals surface area contributed by atoms with E-state index in [4.69, 9.17) is 0 Å². The standard InChI is InChI=1S/C9H17F3N2/c1-7(5-13-2)6-14-8(3-4-8)9(10,11)12/h7,13-14H,3-6H2,1-2H3. The molecule has 2 nitrogen and oxygen atoms in total. The fourth-order valence-corrected chi connectivity index (χ4v) is 1.48. The first-order chi connectivity index (χ1) is 6.41. The summed E-state index contributed by atoms with van der Waals surface area (Å²) >= 11 is 0. The number of rotatable bonds is 5. The third-order valence-electron chi connectivity index (χ3n) is 2.63. The summed E-state index contributed by atoms with van der Waals surface area (Å²) in [5.74, 6) is 0.222. The Morgan fingerprint density at radius 3 is 2.21 bits per heavy atom. The normalized spacial score (nSPS) is 22.1. The van der Waals surface area contributed by atoms with E-state index in [0.29, 0.717) is 6.54 Å². The van der Waals surface area contributed by atoms with E-state index in [9.17, 15) is 13.2 Å². The van der Waals surface area contributed by atoms with Gasteiger partial charge < -0.3 is 10.6 Å². The minimum atomic E-state index is -4.09. The summed E-state index contributed by atoms with van der Waals surface area (Å²) in [5.41, 5.74) is -1.56. The maximum atomic E-state index is 12.5. The van der Waals surface area contributed by atoms with E-state index in [0.717, 1.165) is 6.54 Å². The minimum Gasteiger partial charge on any atom is -0.319 e. The molecule has 84 valence electrons. The van der Waals surface area contributed by atoms with Crippen LogP contribution in [0, 0.1) is 5.92 Å². The highest BCUT2D eigenvalue weighted by Crippen LogP contribution is 2.48. The van der Waals surface area contributed by atoms with Crippen molar-refractivity contribution >= 4 is 0 Å². The van der Waals surface area contributed by atoms with Crippen LogP contribution >= 0.6 is 0 Å². The monoisotopic (exact) mass is 210 g/mol. The zero-order valence-electron chi connectivity index (χ0n) is 8.54. The highest BCUT2D eigenvalue weighted by atomic mass is 19.4. The molecule has 14 heavy (non-hydrogen) atoms. The lowest BCUT2D eigenvalue weighted by Gasteiger charge is -2.22. The van der Waals surface area contributed by atoms with Gasteiger partial charge in [0.1, 0.15) is 5.54 Å². The Bertz CT molecular complexity index is 187. The van der Waals surface area contributed by atoms with Crippen molar-refractivity contribution in [3.8, 4) is 0 Å². The van der Waals surface area contributed by atoms with E-state index in [1.54, 1.807) is 7.05 Å². The molecular formula is C9H17F3N2. The van der Waals surface area contributed by atoms with Crippen molar-refractivity contribution in [1.29, 1.82) is 0 Å². The van der Waals surface area contributed by atoms with Gasteiger partial charge >= 0.3 is 6.18 Å². The summed E-state index contributed by atoms with van der Waals surface area (Å²) in [7, 11) is 1.80. The Labute approximate surface area is 82.2 Å². The molecule has 1 saturated carbocycles. The molecule has 2 N–H and O–H groups in total. The van der Waals surface area contributed by atoms with Crippen LogP contribution in [0.3, 0.4) is 0 Å². The second-order valence-corrected chi connectivity index (χ2v) is 4.12. The summed E-state index contributed by atoms with van der Waals surface area (Å²) in [4.78, 5) is 0. The van der Waals surface area contributed by atoms with E-state index in [2.05, 4.69) is 10.6 Å². The van der Waals surface area contributed by atoms with Gasteiger partial charge in [-0.3, -0.25) is 0 Å². The SMILES string of the molecule is CNCC(C)CNC1(C(F)(F)F)CC1. The maximum Gasteiger partial charge on any atom is 0.406 e. The molecule has 0 amide bonds. The first kappa shape index (κ1) is 11.8. The van der Waals surface area contributed by atoms with E-state index in [1.165, 1.54) is 0 Å². The van der Waals surface area contributed by atoms with Crippen LogP contribution in [-0.4, -0.2) is 31.9 Å². The topological polar surface area (TPSA) is 24.1 Å². The Hall–Kier alpha value is -0.290. The number of alkyl halides is 3. The molecule has 1 aliphatic rings. The van der Waals surface area contributed by atoms with Gasteiger partial charge in [-0.2, -0.15) is 13.2 Å². The van der Waals surface area contributed by atoms with Gasteiger partial charge in [-0.15, -0.1) is 0 Å². The van der Waals surface area contributed by atoms with E-state index in [-0.39, 0.29) is 18.8 Å². The molecule has 1 unspecified atom stereocenters. The van der Waals surface area contributed by atoms with Gasteiger partial charge in [-0.05, 0) is 38.9 Å². The van der Waals surface area contributed by atoms with Crippen molar-refractivity contribution in [2.24, 2.45) is 5.92 Å². The highest BCUT2D eigenvalue weighted by molar-refractivity contribution is 5.07. The lowest BCUT2D eigenvalue weighted by atomic mass is 10.1. The third-order valence-corrected chi connectivity index (χ3v) is 2.63. The summed E-state index contributed by atoms with van der Waals surface area (Å²) in [6.07, 6.45) is -3.64. The first-order valence-electron chi connectivity index (χ1n) is 4.88. The van der Waals surface area contributed by atoms with Crippen molar-refractivity contribution in [3.63, 3.8) is 0 Å². The molecule has 0 saturated heterocycles. The average molecular weight is 210 g/mol. The Balaban J connectivity index is 2.31. The van der Waals surface area contributed by atoms with E-state index in [1.807, 2.05) is 6.92 Å². The zero-order chi connectivity index (χ0) is 10.8. The fraction of sp³-hybridized carbons (Fsp3) is 1.00. The number of hydrogen-bond donors (Lipinski definition) is 2. The molecule has 0 heterocycles. The summed E-state index contributed by atoms with van der Waals surface area (Å²) in [6.45, 7) is 3.08. The number of nitrogens with one attached hydrogen (secondary N) is 2. The van der Waals surface area contributed by atoms with Gasteiger partial charge in [0, 0.05) is 0 Å². The van der Waals surface area contributed by atoms with Crippen LogP contribution in [0.2, 0.25) is 0 Å². The van der Waals surface area contributed by atoms with Crippen LogP contribution in [0.5, 0.6) is 0 Å². The molecule has 5 heteroatoms. The summed E-state index contributed by atoms with van der Waals surface area (Å²) < 4.78 is 37.4. The minimum absolute atomic E-state index is 0.222. The quantitative estimate of drug-likeness (QED) is 0.719. The third kappa shape index (κ3) is 2.60. The van der Waals surface area contributed by atoms with Gasteiger partial charge in [0.25, 0.3) is 0 Å². The molecule has 1 fully saturated rings. The molecular weight excluding hydrogens is 193 g/mol. The van der Waals surface area contributed by atoms with Crippen LogP contribution in [0.4, 0.5) is 13.2 Å². The molecule has 0 bridgehead atoms. The van der Waals surface area contributed by atoms with Crippen LogP contribution < -0.4 is 10.6 Å². The lowest BCUT2D eigenvalue weighted by Crippen LogP contribution is -2.47. The second-order valence-electron chi connectivity index (χ2n) is 4.12. The smallest absolute Gasteiger partial charge is 0.319 e. The van der Waals surface area contributed by atoms with E-state index < -0.39 is 11.7 Å². The van der Waals surface area contributed by atoms with Gasteiger partial charge in [0.05, 0.1) is 0 Å². The van der Waals surface area contributed by atoms with Crippen LogP contribution in [-0.2, 0) is 0 Å². The lowest BCUT2D eigenvalue weighted by molar-refractivity contribution is -0.166. The van der Waals surface area contributed by atoms with Gasteiger partial charge in [0.2, 0.25) is 0 Å². The molecule has 0 aliphatic heterocycles. The highest BCUT2D eigenvalue weighted by Gasteiger charge is 2.62. The van der Waals surface area contributed by atoms with Crippen LogP contribution in [0.1, 0.15) is 19.8 Å². The Kier molecular flexibility index (Phi) is 3.42. The Morgan fingerprint density at radius 1 is 1.29 bits per heavy atom. The molecule has 1 rings (SSSR count). The van der Waals surface area contributed by atoms with Crippen molar-refractivity contribution in [2.75, 3.05) is 20.1 Å². The predicted molar refractivity (Wildman–Crippen MR) is 49.1 cm³/mol. The average Bonchev–Trinajstić information content (AvgIpc) is 2.80. The second kappa shape index (κ2) is 4.06. The van der Waals surface area contributed by atoms with Crippen molar-refractivity contribution in [2.45, 2.75) is 31.5 Å². The molecule has 1 atom stereocenters. The molecule has 1 aliphatic carbocycles. The Morgan fingerprint density at radius 2 is 1.86 bits per heavy atom. The fourth-order valence-electron chi connectivity index (χ4n) is 1.48. The van der Waals surface area contributed by atoms with Crippen molar-refractivity contribution in [1.82, 2.24) is 10.6 Å². The zero-order valence-corrected chi connectivity index (χ0v) is 8.54. The number of halogens is 3. The summed E-state index contributed by atoms with van der Waals surface area (Å²) in [6, 6.07) is 0. The molecule has 0 aromatic rings. The van der Waals surface area contributed by atoms with Gasteiger partial charge in [-0.1, -0.05) is 6.92 Å². The first-order valence-corrected chi connectivity index (χ1v) is 4.88. The van der Waals surface area contributed by atoms with Crippen molar-refractivity contribution < 1.29 is 13.2 Å². The summed E-state index contributed by atoms with van der Waals surface area (Å²) in [5, 5.41) is 5.57. The largest absolute Gasteiger partial charge is 0.406 e. The van der Waals surface area contributed by atoms with Crippen LogP contribution in [0.25, 0.3) is 0 Å². The van der Waals surface area contributed by atoms with E-state index >= 15 is 0 Å². The van der Waals surface area contributed by atoms with Crippen LogP contribution in [0.15, 0.2) is 0 Å². The maximum absolute atomic E-state index is 12.5. The molecule has 0 spiro atoms. The molecule has 0 aromatic heterocycles.